The number of rotatable bonds is 5. The predicted octanol–water partition coefficient (Wildman–Crippen LogP) is 1.41. The monoisotopic (exact) mass is 207 g/mol. The van der Waals surface area contributed by atoms with Crippen LogP contribution in [0.4, 0.5) is 5.69 Å². The first-order valence-corrected chi connectivity index (χ1v) is 5.12. The van der Waals surface area contributed by atoms with Crippen LogP contribution in [0, 0.1) is 0 Å². The molecule has 1 aromatic rings. The number of amides is 1. The predicted molar refractivity (Wildman–Crippen MR) is 60.6 cm³/mol. The molecule has 0 fully saturated rings. The third kappa shape index (κ3) is 5.12. The molecule has 0 saturated carbocycles. The molecule has 2 N–H and O–H groups in total. The molecule has 4 nitrogen and oxygen atoms in total. The smallest absolute Gasteiger partial charge is 0.225 e. The lowest BCUT2D eigenvalue weighted by Crippen LogP contribution is -2.27. The van der Waals surface area contributed by atoms with E-state index in [4.69, 9.17) is 0 Å². The Bertz CT molecular complexity index is 298. The van der Waals surface area contributed by atoms with E-state index in [2.05, 4.69) is 29.5 Å². The summed E-state index contributed by atoms with van der Waals surface area (Å²) in [5.41, 5.74) is 0.743. The van der Waals surface area contributed by atoms with E-state index in [1.165, 1.54) is 0 Å². The Balaban J connectivity index is 2.25. The van der Waals surface area contributed by atoms with Crippen molar-refractivity contribution in [3.8, 4) is 0 Å². The minimum atomic E-state index is 0.0103. The van der Waals surface area contributed by atoms with Crippen LogP contribution >= 0.6 is 0 Å². The lowest BCUT2D eigenvalue weighted by molar-refractivity contribution is -0.116. The Hall–Kier alpha value is -1.42. The summed E-state index contributed by atoms with van der Waals surface area (Å²) in [5.74, 6) is 0.0103. The lowest BCUT2D eigenvalue weighted by atomic mass is 10.3. The van der Waals surface area contributed by atoms with Crippen molar-refractivity contribution in [2.24, 2.45) is 0 Å². The van der Waals surface area contributed by atoms with Crippen LogP contribution in [-0.4, -0.2) is 23.5 Å². The fraction of sp³-hybridized carbons (Fsp3) is 0.455. The zero-order valence-electron chi connectivity index (χ0n) is 9.16. The fourth-order valence-corrected chi connectivity index (χ4v) is 1.13. The van der Waals surface area contributed by atoms with Crippen molar-refractivity contribution in [1.82, 2.24) is 10.3 Å². The van der Waals surface area contributed by atoms with Gasteiger partial charge in [-0.25, -0.2) is 0 Å². The van der Waals surface area contributed by atoms with Crippen LogP contribution in [0.2, 0.25) is 0 Å². The summed E-state index contributed by atoms with van der Waals surface area (Å²) in [5, 5.41) is 5.96. The van der Waals surface area contributed by atoms with Gasteiger partial charge in [0, 0.05) is 25.2 Å². The van der Waals surface area contributed by atoms with Crippen LogP contribution < -0.4 is 10.6 Å². The summed E-state index contributed by atoms with van der Waals surface area (Å²) in [6, 6.07) is 4.03. The molecule has 0 atom stereocenters. The maximum absolute atomic E-state index is 11.4. The molecule has 0 aromatic carbocycles. The van der Waals surface area contributed by atoms with Gasteiger partial charge in [0.15, 0.2) is 0 Å². The minimum Gasteiger partial charge on any atom is -0.325 e. The Morgan fingerprint density at radius 2 is 2.33 bits per heavy atom. The van der Waals surface area contributed by atoms with Crippen molar-refractivity contribution in [1.29, 1.82) is 0 Å². The van der Waals surface area contributed by atoms with Crippen molar-refractivity contribution >= 4 is 11.6 Å². The highest BCUT2D eigenvalue weighted by Gasteiger charge is 2.01. The first-order valence-electron chi connectivity index (χ1n) is 5.12. The van der Waals surface area contributed by atoms with Gasteiger partial charge in [0.05, 0.1) is 11.9 Å². The highest BCUT2D eigenvalue weighted by molar-refractivity contribution is 5.90. The third-order valence-electron chi connectivity index (χ3n) is 1.85. The quantitative estimate of drug-likeness (QED) is 0.767. The second kappa shape index (κ2) is 6.14. The molecule has 1 amide bonds. The van der Waals surface area contributed by atoms with Gasteiger partial charge in [-0.15, -0.1) is 0 Å². The molecule has 0 saturated heterocycles. The Morgan fingerprint density at radius 1 is 1.53 bits per heavy atom. The number of carbonyl (C=O) groups excluding carboxylic acids is 1. The fourth-order valence-electron chi connectivity index (χ4n) is 1.13. The zero-order chi connectivity index (χ0) is 11.1. The van der Waals surface area contributed by atoms with Crippen LogP contribution in [0.3, 0.4) is 0 Å². The largest absolute Gasteiger partial charge is 0.325 e. The summed E-state index contributed by atoms with van der Waals surface area (Å²) in [7, 11) is 0. The molecule has 1 aromatic heterocycles. The number of hydrogen-bond donors (Lipinski definition) is 2. The summed E-state index contributed by atoms with van der Waals surface area (Å²) in [4.78, 5) is 15.3. The number of nitrogens with one attached hydrogen (secondary N) is 2. The van der Waals surface area contributed by atoms with Gasteiger partial charge in [0.2, 0.25) is 5.91 Å². The van der Waals surface area contributed by atoms with E-state index in [0.29, 0.717) is 19.0 Å². The number of nitrogens with zero attached hydrogens (tertiary/aromatic N) is 1. The van der Waals surface area contributed by atoms with Crippen molar-refractivity contribution in [3.63, 3.8) is 0 Å². The molecular weight excluding hydrogens is 190 g/mol. The van der Waals surface area contributed by atoms with Crippen molar-refractivity contribution in [3.05, 3.63) is 24.5 Å². The summed E-state index contributed by atoms with van der Waals surface area (Å²) < 4.78 is 0. The van der Waals surface area contributed by atoms with Gasteiger partial charge in [-0.2, -0.15) is 0 Å². The standard InChI is InChI=1S/C11H17N3O/c1-9(2)13-7-5-11(15)14-10-4-3-6-12-8-10/h3-4,6,8-9,13H,5,7H2,1-2H3,(H,14,15). The van der Waals surface area contributed by atoms with E-state index >= 15 is 0 Å². The first kappa shape index (κ1) is 11.7. The van der Waals surface area contributed by atoms with Crippen LogP contribution in [0.15, 0.2) is 24.5 Å². The molecule has 0 radical (unpaired) electrons. The highest BCUT2D eigenvalue weighted by atomic mass is 16.1. The van der Waals surface area contributed by atoms with E-state index in [9.17, 15) is 4.79 Å². The maximum Gasteiger partial charge on any atom is 0.225 e. The van der Waals surface area contributed by atoms with Gasteiger partial charge in [0.25, 0.3) is 0 Å². The van der Waals surface area contributed by atoms with Crippen LogP contribution in [0.1, 0.15) is 20.3 Å². The molecule has 0 aliphatic carbocycles. The molecule has 15 heavy (non-hydrogen) atoms. The van der Waals surface area contributed by atoms with Crippen LogP contribution in [0.5, 0.6) is 0 Å². The van der Waals surface area contributed by atoms with Gasteiger partial charge >= 0.3 is 0 Å². The summed E-state index contributed by atoms with van der Waals surface area (Å²) in [6.45, 7) is 4.81. The number of carbonyl (C=O) groups is 1. The highest BCUT2D eigenvalue weighted by Crippen LogP contribution is 2.02. The van der Waals surface area contributed by atoms with Crippen LogP contribution in [0.25, 0.3) is 0 Å². The van der Waals surface area contributed by atoms with Gasteiger partial charge in [-0.3, -0.25) is 9.78 Å². The van der Waals surface area contributed by atoms with Crippen molar-refractivity contribution < 1.29 is 4.79 Å². The normalized spacial score (nSPS) is 10.3. The van der Waals surface area contributed by atoms with Crippen molar-refractivity contribution in [2.75, 3.05) is 11.9 Å². The third-order valence-corrected chi connectivity index (χ3v) is 1.85. The summed E-state index contributed by atoms with van der Waals surface area (Å²) >= 11 is 0. The molecular formula is C11H17N3O. The van der Waals surface area contributed by atoms with E-state index in [0.717, 1.165) is 5.69 Å². The molecule has 4 heteroatoms. The number of pyridine rings is 1. The molecule has 0 spiro atoms. The molecule has 0 aliphatic heterocycles. The molecule has 0 aliphatic rings. The van der Waals surface area contributed by atoms with E-state index in [-0.39, 0.29) is 5.91 Å². The topological polar surface area (TPSA) is 54.0 Å². The molecule has 82 valence electrons. The SMILES string of the molecule is CC(C)NCCC(=O)Nc1cccnc1. The summed E-state index contributed by atoms with van der Waals surface area (Å²) in [6.07, 6.45) is 3.79. The van der Waals surface area contributed by atoms with Crippen molar-refractivity contribution in [2.45, 2.75) is 26.3 Å². The number of anilines is 1. The average Bonchev–Trinajstić information content (AvgIpc) is 2.18. The Morgan fingerprint density at radius 3 is 2.93 bits per heavy atom. The average molecular weight is 207 g/mol. The van der Waals surface area contributed by atoms with Gasteiger partial charge in [-0.1, -0.05) is 13.8 Å². The molecule has 0 unspecified atom stereocenters. The van der Waals surface area contributed by atoms with E-state index < -0.39 is 0 Å². The molecule has 0 bridgehead atoms. The van der Waals surface area contributed by atoms with Gasteiger partial charge in [-0.05, 0) is 12.1 Å². The van der Waals surface area contributed by atoms with Gasteiger partial charge < -0.3 is 10.6 Å². The minimum absolute atomic E-state index is 0.0103. The van der Waals surface area contributed by atoms with Gasteiger partial charge in [0.1, 0.15) is 0 Å². The lowest BCUT2D eigenvalue weighted by Gasteiger charge is -2.08. The Labute approximate surface area is 90.1 Å². The second-order valence-corrected chi connectivity index (χ2v) is 3.65. The van der Waals surface area contributed by atoms with E-state index in [1.807, 2.05) is 6.07 Å². The maximum atomic E-state index is 11.4. The van der Waals surface area contributed by atoms with E-state index in [1.54, 1.807) is 18.5 Å². The Kier molecular flexibility index (Phi) is 4.77. The second-order valence-electron chi connectivity index (χ2n) is 3.65. The zero-order valence-corrected chi connectivity index (χ0v) is 9.16. The molecule has 1 heterocycles. The van der Waals surface area contributed by atoms with Crippen LogP contribution in [-0.2, 0) is 4.79 Å². The number of hydrogen-bond acceptors (Lipinski definition) is 3. The number of aromatic nitrogens is 1. The first-order chi connectivity index (χ1) is 7.18. The molecule has 1 rings (SSSR count).